The Bertz CT molecular complexity index is 1320. The number of hydrogen-bond acceptors (Lipinski definition) is 5. The van der Waals surface area contributed by atoms with Crippen LogP contribution in [0.2, 0.25) is 0 Å². The van der Waals surface area contributed by atoms with E-state index >= 15 is 0 Å². The SMILES string of the molecule is CCCCCCCOc1ccc(N2CCN(c3ccc(CC(NC(=O)c4ccc(C(C)(C)C)cc4)C(=O)O)cc3)CC2)cc1. The van der Waals surface area contributed by atoms with Gasteiger partial charge in [0.15, 0.2) is 0 Å². The highest BCUT2D eigenvalue weighted by atomic mass is 16.5. The Labute approximate surface area is 263 Å². The predicted octanol–water partition coefficient (Wildman–Crippen LogP) is 7.09. The molecule has 1 aliphatic rings. The van der Waals surface area contributed by atoms with Gasteiger partial charge in [0, 0.05) is 49.5 Å². The molecule has 3 aromatic rings. The van der Waals surface area contributed by atoms with Gasteiger partial charge in [-0.25, -0.2) is 4.79 Å². The monoisotopic (exact) mass is 599 g/mol. The summed E-state index contributed by atoms with van der Waals surface area (Å²) in [5.41, 5.74) is 4.75. The lowest BCUT2D eigenvalue weighted by atomic mass is 9.86. The zero-order valence-electron chi connectivity index (χ0n) is 26.9. The standard InChI is InChI=1S/C37H49N3O4/c1-5-6-7-8-9-26-44-33-20-18-32(19-21-33)40-24-22-39(23-25-40)31-16-10-28(11-17-31)27-34(36(42)43)38-35(41)29-12-14-30(15-13-29)37(2,3)4/h10-21,34H,5-9,22-27H2,1-4H3,(H,38,41)(H,42,43). The molecule has 44 heavy (non-hydrogen) atoms. The normalized spacial score (nSPS) is 14.3. The molecule has 7 nitrogen and oxygen atoms in total. The Morgan fingerprint density at radius 2 is 1.34 bits per heavy atom. The smallest absolute Gasteiger partial charge is 0.326 e. The van der Waals surface area contributed by atoms with Crippen LogP contribution in [0.4, 0.5) is 11.4 Å². The largest absolute Gasteiger partial charge is 0.494 e. The third-order valence-electron chi connectivity index (χ3n) is 8.36. The van der Waals surface area contributed by atoms with Crippen LogP contribution in [0.3, 0.4) is 0 Å². The van der Waals surface area contributed by atoms with Crippen molar-refractivity contribution in [3.63, 3.8) is 0 Å². The first-order chi connectivity index (χ1) is 21.1. The quantitative estimate of drug-likeness (QED) is 0.193. The van der Waals surface area contributed by atoms with E-state index in [1.807, 2.05) is 36.4 Å². The maximum absolute atomic E-state index is 12.8. The van der Waals surface area contributed by atoms with Crippen molar-refractivity contribution in [2.75, 3.05) is 42.6 Å². The highest BCUT2D eigenvalue weighted by Crippen LogP contribution is 2.25. The van der Waals surface area contributed by atoms with Gasteiger partial charge in [-0.15, -0.1) is 0 Å². The summed E-state index contributed by atoms with van der Waals surface area (Å²) in [5.74, 6) is -0.499. The molecule has 1 unspecified atom stereocenters. The summed E-state index contributed by atoms with van der Waals surface area (Å²) >= 11 is 0. The summed E-state index contributed by atoms with van der Waals surface area (Å²) in [6.45, 7) is 13.0. The first kappa shape index (κ1) is 32.9. The van der Waals surface area contributed by atoms with Crippen molar-refractivity contribution in [2.24, 2.45) is 0 Å². The second kappa shape index (κ2) is 15.6. The highest BCUT2D eigenvalue weighted by Gasteiger charge is 2.23. The first-order valence-corrected chi connectivity index (χ1v) is 16.1. The van der Waals surface area contributed by atoms with Crippen LogP contribution in [0.25, 0.3) is 0 Å². The lowest BCUT2D eigenvalue weighted by molar-refractivity contribution is -0.139. The molecular weight excluding hydrogens is 550 g/mol. The molecule has 1 amide bonds. The van der Waals surface area contributed by atoms with E-state index in [1.54, 1.807) is 12.1 Å². The zero-order valence-corrected chi connectivity index (χ0v) is 26.9. The Balaban J connectivity index is 1.24. The molecule has 1 heterocycles. The van der Waals surface area contributed by atoms with Crippen LogP contribution in [-0.2, 0) is 16.6 Å². The molecule has 0 aliphatic carbocycles. The lowest BCUT2D eigenvalue weighted by Crippen LogP contribution is -2.46. The van der Waals surface area contributed by atoms with Gasteiger partial charge in [-0.05, 0) is 71.5 Å². The molecule has 0 radical (unpaired) electrons. The zero-order chi connectivity index (χ0) is 31.5. The number of hydrogen-bond donors (Lipinski definition) is 2. The number of carbonyl (C=O) groups is 2. The number of nitrogens with zero attached hydrogens (tertiary/aromatic N) is 2. The molecule has 0 spiro atoms. The number of benzene rings is 3. The Morgan fingerprint density at radius 3 is 1.86 bits per heavy atom. The number of piperazine rings is 1. The summed E-state index contributed by atoms with van der Waals surface area (Å²) in [6, 6.07) is 22.8. The van der Waals surface area contributed by atoms with Gasteiger partial charge in [0.25, 0.3) is 5.91 Å². The van der Waals surface area contributed by atoms with Crippen molar-refractivity contribution in [3.05, 3.63) is 89.5 Å². The molecule has 0 bridgehead atoms. The molecule has 236 valence electrons. The number of carbonyl (C=O) groups excluding carboxylic acids is 1. The number of unbranched alkanes of at least 4 members (excludes halogenated alkanes) is 4. The lowest BCUT2D eigenvalue weighted by Gasteiger charge is -2.37. The highest BCUT2D eigenvalue weighted by molar-refractivity contribution is 5.96. The van der Waals surface area contributed by atoms with Gasteiger partial charge in [0.05, 0.1) is 6.61 Å². The fourth-order valence-corrected chi connectivity index (χ4v) is 5.51. The van der Waals surface area contributed by atoms with E-state index in [9.17, 15) is 14.7 Å². The van der Waals surface area contributed by atoms with E-state index in [2.05, 4.69) is 67.1 Å². The van der Waals surface area contributed by atoms with Crippen molar-refractivity contribution < 1.29 is 19.4 Å². The van der Waals surface area contributed by atoms with Gasteiger partial charge in [-0.1, -0.05) is 77.6 Å². The van der Waals surface area contributed by atoms with Crippen molar-refractivity contribution in [2.45, 2.75) is 77.7 Å². The summed E-state index contributed by atoms with van der Waals surface area (Å²) in [6.07, 6.45) is 6.40. The maximum atomic E-state index is 12.8. The van der Waals surface area contributed by atoms with Crippen molar-refractivity contribution in [3.8, 4) is 5.75 Å². The second-order valence-electron chi connectivity index (χ2n) is 12.8. The molecule has 1 aliphatic heterocycles. The minimum absolute atomic E-state index is 0.0208. The van der Waals surface area contributed by atoms with Crippen LogP contribution in [0.5, 0.6) is 5.75 Å². The van der Waals surface area contributed by atoms with E-state index in [4.69, 9.17) is 4.74 Å². The van der Waals surface area contributed by atoms with Crippen LogP contribution >= 0.6 is 0 Å². The Hall–Kier alpha value is -4.00. The molecule has 4 rings (SSSR count). The number of rotatable bonds is 14. The minimum atomic E-state index is -1.05. The number of aliphatic carboxylic acids is 1. The average molecular weight is 600 g/mol. The molecule has 0 aromatic heterocycles. The van der Waals surface area contributed by atoms with Crippen molar-refractivity contribution in [1.82, 2.24) is 5.32 Å². The summed E-state index contributed by atoms with van der Waals surface area (Å²) < 4.78 is 5.92. The average Bonchev–Trinajstić information content (AvgIpc) is 3.03. The summed E-state index contributed by atoms with van der Waals surface area (Å²) in [5, 5.41) is 12.5. The van der Waals surface area contributed by atoms with Crippen LogP contribution in [0.15, 0.2) is 72.8 Å². The van der Waals surface area contributed by atoms with Crippen LogP contribution < -0.4 is 19.9 Å². The van der Waals surface area contributed by atoms with Gasteiger partial charge in [-0.2, -0.15) is 0 Å². The second-order valence-corrected chi connectivity index (χ2v) is 12.8. The first-order valence-electron chi connectivity index (χ1n) is 16.1. The molecule has 2 N–H and O–H groups in total. The number of anilines is 2. The third-order valence-corrected chi connectivity index (χ3v) is 8.36. The van der Waals surface area contributed by atoms with Gasteiger partial charge < -0.3 is 25.0 Å². The van der Waals surface area contributed by atoms with E-state index in [0.29, 0.717) is 5.56 Å². The summed E-state index contributed by atoms with van der Waals surface area (Å²) in [4.78, 5) is 29.6. The van der Waals surface area contributed by atoms with Crippen LogP contribution in [0, 0.1) is 0 Å². The third kappa shape index (κ3) is 9.50. The van der Waals surface area contributed by atoms with E-state index < -0.39 is 12.0 Å². The van der Waals surface area contributed by atoms with E-state index in [0.717, 1.165) is 61.8 Å². The van der Waals surface area contributed by atoms with Gasteiger partial charge in [-0.3, -0.25) is 4.79 Å². The molecule has 7 heteroatoms. The number of carboxylic acids is 1. The molecule has 0 saturated carbocycles. The maximum Gasteiger partial charge on any atom is 0.326 e. The number of nitrogens with one attached hydrogen (secondary N) is 1. The van der Waals surface area contributed by atoms with E-state index in [-0.39, 0.29) is 17.7 Å². The van der Waals surface area contributed by atoms with E-state index in [1.165, 1.54) is 31.4 Å². The minimum Gasteiger partial charge on any atom is -0.494 e. The van der Waals surface area contributed by atoms with Gasteiger partial charge in [0.1, 0.15) is 11.8 Å². The molecule has 1 saturated heterocycles. The Kier molecular flexibility index (Phi) is 11.7. The fraction of sp³-hybridized carbons (Fsp3) is 0.459. The number of carboxylic acid groups (broad SMARTS) is 1. The fourth-order valence-electron chi connectivity index (χ4n) is 5.51. The number of amides is 1. The molecular formula is C37H49N3O4. The van der Waals surface area contributed by atoms with Crippen LogP contribution in [0.1, 0.15) is 81.3 Å². The van der Waals surface area contributed by atoms with Crippen molar-refractivity contribution >= 4 is 23.3 Å². The van der Waals surface area contributed by atoms with Gasteiger partial charge >= 0.3 is 5.97 Å². The number of ether oxygens (including phenoxy) is 1. The van der Waals surface area contributed by atoms with Crippen LogP contribution in [-0.4, -0.2) is 55.8 Å². The topological polar surface area (TPSA) is 82.1 Å². The predicted molar refractivity (Wildman–Crippen MR) is 179 cm³/mol. The Morgan fingerprint density at radius 1 is 0.795 bits per heavy atom. The molecule has 3 aromatic carbocycles. The van der Waals surface area contributed by atoms with Gasteiger partial charge in [0.2, 0.25) is 0 Å². The summed E-state index contributed by atoms with van der Waals surface area (Å²) in [7, 11) is 0. The molecule has 1 fully saturated rings. The molecule has 1 atom stereocenters. The van der Waals surface area contributed by atoms with Crippen molar-refractivity contribution in [1.29, 1.82) is 0 Å².